The summed E-state index contributed by atoms with van der Waals surface area (Å²) in [6, 6.07) is 0. The Bertz CT molecular complexity index is 922. The molecule has 1 aliphatic heterocycles. The highest BCUT2D eigenvalue weighted by atomic mass is 32.2. The van der Waals surface area contributed by atoms with Crippen molar-refractivity contribution in [3.8, 4) is 11.3 Å². The molecule has 0 bridgehead atoms. The second kappa shape index (κ2) is 7.65. The highest BCUT2D eigenvalue weighted by Crippen LogP contribution is 2.26. The van der Waals surface area contributed by atoms with E-state index in [1.165, 1.54) is 4.31 Å². The highest BCUT2D eigenvalue weighted by Gasteiger charge is 2.30. The number of rotatable bonds is 5. The van der Waals surface area contributed by atoms with Crippen LogP contribution in [0.25, 0.3) is 11.3 Å². The molecular formula is C18H28N6O2S. The Morgan fingerprint density at radius 2 is 2.00 bits per heavy atom. The second-order valence-electron chi connectivity index (χ2n) is 7.43. The van der Waals surface area contributed by atoms with Crippen molar-refractivity contribution >= 4 is 10.2 Å². The van der Waals surface area contributed by atoms with Gasteiger partial charge in [0, 0.05) is 51.7 Å². The van der Waals surface area contributed by atoms with Crippen LogP contribution in [0.3, 0.4) is 0 Å². The Kier molecular flexibility index (Phi) is 5.64. The second-order valence-corrected chi connectivity index (χ2v) is 9.57. The molecule has 1 atom stereocenters. The Hall–Kier alpha value is -1.84. The summed E-state index contributed by atoms with van der Waals surface area (Å²) in [6.45, 7) is 5.10. The number of aryl methyl sites for hydroxylation is 2. The van der Waals surface area contributed by atoms with Crippen molar-refractivity contribution in [3.63, 3.8) is 0 Å². The van der Waals surface area contributed by atoms with E-state index in [4.69, 9.17) is 4.98 Å². The molecule has 27 heavy (non-hydrogen) atoms. The summed E-state index contributed by atoms with van der Waals surface area (Å²) in [7, 11) is 1.71. The lowest BCUT2D eigenvalue weighted by molar-refractivity contribution is 0.253. The highest BCUT2D eigenvalue weighted by molar-refractivity contribution is 7.86. The van der Waals surface area contributed by atoms with Crippen LogP contribution >= 0.6 is 0 Å². The molecule has 3 heterocycles. The van der Waals surface area contributed by atoms with Crippen molar-refractivity contribution < 1.29 is 8.42 Å². The standard InChI is InChI=1S/C18H28N6O2S/c1-13-18(14(2)23(5)21-13)17-11-19-10-16(20-17)9-15-7-6-8-24(12-15)27(25,26)22(3)4/h10-11,15H,6-9,12H2,1-5H3. The van der Waals surface area contributed by atoms with Gasteiger partial charge in [-0.3, -0.25) is 9.67 Å². The summed E-state index contributed by atoms with van der Waals surface area (Å²) in [4.78, 5) is 9.17. The molecule has 3 rings (SSSR count). The largest absolute Gasteiger partial charge is 0.281 e. The molecule has 0 spiro atoms. The van der Waals surface area contributed by atoms with Crippen LogP contribution in [-0.4, -0.2) is 64.0 Å². The fraction of sp³-hybridized carbons (Fsp3) is 0.611. The molecule has 1 saturated heterocycles. The molecular weight excluding hydrogens is 364 g/mol. The lowest BCUT2D eigenvalue weighted by Crippen LogP contribution is -2.45. The fourth-order valence-electron chi connectivity index (χ4n) is 3.70. The lowest BCUT2D eigenvalue weighted by Gasteiger charge is -2.33. The maximum absolute atomic E-state index is 12.4. The summed E-state index contributed by atoms with van der Waals surface area (Å²) < 4.78 is 29.5. The Morgan fingerprint density at radius 1 is 1.26 bits per heavy atom. The topological polar surface area (TPSA) is 84.2 Å². The average Bonchev–Trinajstić information content (AvgIpc) is 2.87. The predicted octanol–water partition coefficient (Wildman–Crippen LogP) is 1.55. The van der Waals surface area contributed by atoms with Crippen molar-refractivity contribution in [1.29, 1.82) is 0 Å². The van der Waals surface area contributed by atoms with Crippen LogP contribution in [0.2, 0.25) is 0 Å². The Morgan fingerprint density at radius 3 is 2.63 bits per heavy atom. The molecule has 2 aromatic rings. The zero-order chi connectivity index (χ0) is 19.8. The first-order valence-electron chi connectivity index (χ1n) is 9.19. The first-order chi connectivity index (χ1) is 12.7. The van der Waals surface area contributed by atoms with Crippen LogP contribution in [0.1, 0.15) is 29.9 Å². The number of hydrogen-bond acceptors (Lipinski definition) is 5. The zero-order valence-electron chi connectivity index (χ0n) is 16.7. The van der Waals surface area contributed by atoms with E-state index in [2.05, 4.69) is 10.1 Å². The van der Waals surface area contributed by atoms with Crippen molar-refractivity contribution in [2.75, 3.05) is 27.2 Å². The smallest absolute Gasteiger partial charge is 0.272 e. The minimum absolute atomic E-state index is 0.245. The van der Waals surface area contributed by atoms with Gasteiger partial charge >= 0.3 is 0 Å². The normalized spacial score (nSPS) is 19.0. The van der Waals surface area contributed by atoms with Crippen molar-refractivity contribution in [3.05, 3.63) is 29.5 Å². The van der Waals surface area contributed by atoms with Crippen LogP contribution in [0.15, 0.2) is 12.4 Å². The summed E-state index contributed by atoms with van der Waals surface area (Å²) in [5.74, 6) is 0.245. The first-order valence-corrected chi connectivity index (χ1v) is 10.6. The van der Waals surface area contributed by atoms with Crippen LogP contribution < -0.4 is 0 Å². The third-order valence-corrected chi connectivity index (χ3v) is 7.12. The molecule has 0 aliphatic carbocycles. The summed E-state index contributed by atoms with van der Waals surface area (Å²) in [5.41, 5.74) is 4.72. The monoisotopic (exact) mass is 392 g/mol. The van der Waals surface area contributed by atoms with Crippen LogP contribution in [0, 0.1) is 19.8 Å². The van der Waals surface area contributed by atoms with Gasteiger partial charge in [0.1, 0.15) is 0 Å². The van der Waals surface area contributed by atoms with E-state index in [1.807, 2.05) is 25.6 Å². The van der Waals surface area contributed by atoms with Gasteiger partial charge in [0.2, 0.25) is 0 Å². The third-order valence-electron chi connectivity index (χ3n) is 5.22. The molecule has 0 amide bonds. The van der Waals surface area contributed by atoms with Gasteiger partial charge in [0.15, 0.2) is 0 Å². The fourth-order valence-corrected chi connectivity index (χ4v) is 4.92. The molecule has 9 heteroatoms. The van der Waals surface area contributed by atoms with E-state index in [1.54, 1.807) is 30.8 Å². The zero-order valence-corrected chi connectivity index (χ0v) is 17.5. The van der Waals surface area contributed by atoms with Crippen molar-refractivity contribution in [2.24, 2.45) is 13.0 Å². The lowest BCUT2D eigenvalue weighted by atomic mass is 9.95. The van der Waals surface area contributed by atoms with E-state index < -0.39 is 10.2 Å². The Balaban J connectivity index is 1.79. The maximum Gasteiger partial charge on any atom is 0.281 e. The molecule has 1 fully saturated rings. The number of hydrogen-bond donors (Lipinski definition) is 0. The van der Waals surface area contributed by atoms with E-state index in [0.717, 1.165) is 47.6 Å². The van der Waals surface area contributed by atoms with E-state index in [9.17, 15) is 8.42 Å². The SMILES string of the molecule is Cc1nn(C)c(C)c1-c1cncc(CC2CCCN(S(=O)(=O)N(C)C)C2)n1. The summed E-state index contributed by atoms with van der Waals surface area (Å²) >= 11 is 0. The molecule has 0 aromatic carbocycles. The number of piperidine rings is 1. The molecule has 1 unspecified atom stereocenters. The quantitative estimate of drug-likeness (QED) is 0.771. The maximum atomic E-state index is 12.4. The molecule has 0 radical (unpaired) electrons. The van der Waals surface area contributed by atoms with Gasteiger partial charge in [0.05, 0.1) is 23.3 Å². The van der Waals surface area contributed by atoms with E-state index >= 15 is 0 Å². The number of nitrogens with zero attached hydrogens (tertiary/aromatic N) is 6. The molecule has 1 aliphatic rings. The minimum atomic E-state index is -3.37. The van der Waals surface area contributed by atoms with Gasteiger partial charge in [-0.05, 0) is 39.0 Å². The van der Waals surface area contributed by atoms with Gasteiger partial charge in [-0.2, -0.15) is 22.1 Å². The van der Waals surface area contributed by atoms with Crippen LogP contribution in [0.5, 0.6) is 0 Å². The van der Waals surface area contributed by atoms with E-state index in [0.29, 0.717) is 13.1 Å². The van der Waals surface area contributed by atoms with Crippen molar-refractivity contribution in [2.45, 2.75) is 33.1 Å². The summed E-state index contributed by atoms with van der Waals surface area (Å²) in [5, 5.41) is 4.46. The molecule has 148 valence electrons. The average molecular weight is 393 g/mol. The molecule has 0 N–H and O–H groups in total. The summed E-state index contributed by atoms with van der Waals surface area (Å²) in [6.07, 6.45) is 6.13. The van der Waals surface area contributed by atoms with E-state index in [-0.39, 0.29) is 5.92 Å². The number of aromatic nitrogens is 4. The van der Waals surface area contributed by atoms with Crippen LogP contribution in [0.4, 0.5) is 0 Å². The van der Waals surface area contributed by atoms with Gasteiger partial charge in [-0.15, -0.1) is 0 Å². The van der Waals surface area contributed by atoms with Crippen molar-refractivity contribution in [1.82, 2.24) is 28.4 Å². The third kappa shape index (κ3) is 4.04. The minimum Gasteiger partial charge on any atom is -0.272 e. The Labute approximate surface area is 161 Å². The van der Waals surface area contributed by atoms with Gasteiger partial charge in [-0.25, -0.2) is 4.98 Å². The molecule has 8 nitrogen and oxygen atoms in total. The molecule has 2 aromatic heterocycles. The first kappa shape index (κ1) is 19.9. The van der Waals surface area contributed by atoms with Gasteiger partial charge in [0.25, 0.3) is 10.2 Å². The van der Waals surface area contributed by atoms with Gasteiger partial charge in [-0.1, -0.05) is 0 Å². The molecule has 0 saturated carbocycles. The predicted molar refractivity (Wildman–Crippen MR) is 104 cm³/mol. The van der Waals surface area contributed by atoms with Gasteiger partial charge < -0.3 is 0 Å². The van der Waals surface area contributed by atoms with Crippen LogP contribution in [-0.2, 0) is 23.7 Å².